The second kappa shape index (κ2) is 9.02. The molecule has 2 amide bonds. The highest BCUT2D eigenvalue weighted by Crippen LogP contribution is 2.21. The van der Waals surface area contributed by atoms with Gasteiger partial charge in [-0.3, -0.25) is 9.59 Å². The molecule has 0 aromatic heterocycles. The topological polar surface area (TPSA) is 96.0 Å². The lowest BCUT2D eigenvalue weighted by Crippen LogP contribution is -2.33. The lowest BCUT2D eigenvalue weighted by Gasteiger charge is -2.16. The summed E-state index contributed by atoms with van der Waals surface area (Å²) in [5, 5.41) is 2.84. The number of likely N-dealkylation sites (tertiary alicyclic amines) is 1. The molecule has 8 nitrogen and oxygen atoms in total. The van der Waals surface area contributed by atoms with E-state index in [1.807, 2.05) is 0 Å². The Morgan fingerprint density at radius 2 is 1.89 bits per heavy atom. The molecule has 3 rings (SSSR count). The number of benzene rings is 1. The molecule has 0 bridgehead atoms. The van der Waals surface area contributed by atoms with Gasteiger partial charge in [-0.15, -0.1) is 0 Å². The van der Waals surface area contributed by atoms with Crippen molar-refractivity contribution < 1.29 is 22.7 Å². The molecule has 9 heteroatoms. The molecule has 0 spiro atoms. The van der Waals surface area contributed by atoms with E-state index in [2.05, 4.69) is 5.32 Å². The van der Waals surface area contributed by atoms with Gasteiger partial charge in [-0.2, -0.15) is 4.31 Å². The van der Waals surface area contributed by atoms with Crippen LogP contribution in [0, 0.1) is 5.92 Å². The summed E-state index contributed by atoms with van der Waals surface area (Å²) in [5.74, 6) is -0.560. The summed E-state index contributed by atoms with van der Waals surface area (Å²) in [6, 6.07) is 6.60. The first kappa shape index (κ1) is 20.8. The number of hydrogen-bond acceptors (Lipinski definition) is 5. The third-order valence-corrected chi connectivity index (χ3v) is 7.16. The molecule has 2 aliphatic rings. The van der Waals surface area contributed by atoms with Crippen LogP contribution in [0.3, 0.4) is 0 Å². The monoisotopic (exact) mass is 409 g/mol. The molecular formula is C19H27N3O5S. The maximum absolute atomic E-state index is 12.5. The first-order valence-electron chi connectivity index (χ1n) is 9.55. The molecule has 2 saturated heterocycles. The predicted octanol–water partition coefficient (Wildman–Crippen LogP) is 0.582. The number of carbonyl (C=O) groups excluding carboxylic acids is 2. The van der Waals surface area contributed by atoms with Crippen molar-refractivity contribution >= 4 is 21.8 Å². The van der Waals surface area contributed by atoms with E-state index in [9.17, 15) is 18.0 Å². The predicted molar refractivity (Wildman–Crippen MR) is 103 cm³/mol. The van der Waals surface area contributed by atoms with E-state index in [0.717, 1.165) is 18.4 Å². The number of carbonyl (C=O) groups is 2. The van der Waals surface area contributed by atoms with Gasteiger partial charge in [0.2, 0.25) is 21.8 Å². The minimum absolute atomic E-state index is 0.0336. The second-order valence-electron chi connectivity index (χ2n) is 7.21. The minimum atomic E-state index is -3.43. The lowest BCUT2D eigenvalue weighted by atomic mass is 10.1. The largest absolute Gasteiger partial charge is 0.383 e. The normalized spacial score (nSPS) is 20.7. The highest BCUT2D eigenvalue weighted by atomic mass is 32.2. The van der Waals surface area contributed by atoms with Crippen molar-refractivity contribution in [2.75, 3.05) is 39.9 Å². The molecule has 28 heavy (non-hydrogen) atoms. The van der Waals surface area contributed by atoms with Crippen LogP contribution in [0.5, 0.6) is 0 Å². The number of methoxy groups -OCH3 is 1. The van der Waals surface area contributed by atoms with Crippen molar-refractivity contribution in [3.8, 4) is 0 Å². The summed E-state index contributed by atoms with van der Waals surface area (Å²) in [6.07, 6.45) is 2.01. The molecule has 0 saturated carbocycles. The van der Waals surface area contributed by atoms with Crippen molar-refractivity contribution in [3.63, 3.8) is 0 Å². The number of nitrogens with zero attached hydrogens (tertiary/aromatic N) is 2. The first-order chi connectivity index (χ1) is 13.4. The van der Waals surface area contributed by atoms with E-state index in [1.165, 1.54) is 4.31 Å². The molecule has 0 radical (unpaired) electrons. The van der Waals surface area contributed by atoms with Gasteiger partial charge in [0.25, 0.3) is 0 Å². The Morgan fingerprint density at radius 1 is 1.21 bits per heavy atom. The molecule has 2 heterocycles. The Balaban J connectivity index is 1.52. The highest BCUT2D eigenvalue weighted by molar-refractivity contribution is 7.89. The van der Waals surface area contributed by atoms with Gasteiger partial charge in [0.1, 0.15) is 0 Å². The Labute approximate surface area is 165 Å². The van der Waals surface area contributed by atoms with Crippen LogP contribution in [0.25, 0.3) is 0 Å². The van der Waals surface area contributed by atoms with Crippen LogP contribution in [0.4, 0.5) is 0 Å². The second-order valence-corrected chi connectivity index (χ2v) is 9.14. The maximum Gasteiger partial charge on any atom is 0.243 e. The quantitative estimate of drug-likeness (QED) is 0.678. The fraction of sp³-hybridized carbons (Fsp3) is 0.579. The Kier molecular flexibility index (Phi) is 6.69. The van der Waals surface area contributed by atoms with Crippen molar-refractivity contribution in [2.24, 2.45) is 5.92 Å². The zero-order valence-electron chi connectivity index (χ0n) is 16.1. The van der Waals surface area contributed by atoms with Gasteiger partial charge in [-0.1, -0.05) is 12.1 Å². The van der Waals surface area contributed by atoms with Crippen LogP contribution in [-0.2, 0) is 30.9 Å². The van der Waals surface area contributed by atoms with Crippen LogP contribution in [0.2, 0.25) is 0 Å². The van der Waals surface area contributed by atoms with Crippen molar-refractivity contribution in [1.82, 2.24) is 14.5 Å². The SMILES string of the molecule is COCCN1CC(C(=O)NCc2ccc(S(=O)(=O)N3CCCC3)cc2)CC1=O. The van der Waals surface area contributed by atoms with Gasteiger partial charge in [0.15, 0.2) is 0 Å². The average Bonchev–Trinajstić information content (AvgIpc) is 3.35. The van der Waals surface area contributed by atoms with Crippen LogP contribution < -0.4 is 5.32 Å². The molecule has 2 fully saturated rings. The van der Waals surface area contributed by atoms with E-state index in [1.54, 1.807) is 36.3 Å². The number of sulfonamides is 1. The summed E-state index contributed by atoms with van der Waals surface area (Å²) >= 11 is 0. The zero-order chi connectivity index (χ0) is 20.1. The third-order valence-electron chi connectivity index (χ3n) is 5.24. The molecule has 1 aromatic rings. The highest BCUT2D eigenvalue weighted by Gasteiger charge is 2.33. The van der Waals surface area contributed by atoms with Crippen molar-refractivity contribution in [1.29, 1.82) is 0 Å². The minimum Gasteiger partial charge on any atom is -0.383 e. The van der Waals surface area contributed by atoms with Crippen LogP contribution in [-0.4, -0.2) is 69.3 Å². The average molecular weight is 410 g/mol. The molecule has 1 unspecified atom stereocenters. The fourth-order valence-corrected chi connectivity index (χ4v) is 5.07. The van der Waals surface area contributed by atoms with Gasteiger partial charge < -0.3 is 15.0 Å². The number of ether oxygens (including phenoxy) is 1. The summed E-state index contributed by atoms with van der Waals surface area (Å²) in [4.78, 5) is 26.2. The molecule has 1 aromatic carbocycles. The smallest absolute Gasteiger partial charge is 0.243 e. The lowest BCUT2D eigenvalue weighted by molar-refractivity contribution is -0.129. The molecule has 1 atom stereocenters. The third kappa shape index (κ3) is 4.71. The van der Waals surface area contributed by atoms with E-state index in [4.69, 9.17) is 4.74 Å². The number of hydrogen-bond donors (Lipinski definition) is 1. The van der Waals surface area contributed by atoms with E-state index in [0.29, 0.717) is 39.3 Å². The summed E-state index contributed by atoms with van der Waals surface area (Å²) in [5.41, 5.74) is 0.814. The van der Waals surface area contributed by atoms with Crippen LogP contribution in [0.15, 0.2) is 29.2 Å². The Bertz CT molecular complexity index is 803. The molecule has 154 valence electrons. The fourth-order valence-electron chi connectivity index (χ4n) is 3.56. The summed E-state index contributed by atoms with van der Waals surface area (Å²) < 4.78 is 31.6. The standard InChI is InChI=1S/C19H27N3O5S/c1-27-11-10-21-14-16(12-18(21)23)19(24)20-13-15-4-6-17(7-5-15)28(25,26)22-8-2-3-9-22/h4-7,16H,2-3,8-14H2,1H3,(H,20,24). The number of nitrogens with one attached hydrogen (secondary N) is 1. The van der Waals surface area contributed by atoms with Crippen LogP contribution in [0.1, 0.15) is 24.8 Å². The number of rotatable bonds is 8. The van der Waals surface area contributed by atoms with E-state index >= 15 is 0 Å². The molecule has 0 aliphatic carbocycles. The first-order valence-corrected chi connectivity index (χ1v) is 11.0. The Hall–Kier alpha value is -1.97. The molecule has 2 aliphatic heterocycles. The zero-order valence-corrected chi connectivity index (χ0v) is 16.9. The molecular weight excluding hydrogens is 382 g/mol. The molecule has 1 N–H and O–H groups in total. The van der Waals surface area contributed by atoms with Gasteiger partial charge >= 0.3 is 0 Å². The van der Waals surface area contributed by atoms with Gasteiger partial charge in [-0.05, 0) is 30.5 Å². The Morgan fingerprint density at radius 3 is 2.54 bits per heavy atom. The summed E-state index contributed by atoms with van der Waals surface area (Å²) in [7, 11) is -1.85. The van der Waals surface area contributed by atoms with Crippen LogP contribution >= 0.6 is 0 Å². The maximum atomic E-state index is 12.5. The number of amides is 2. The van der Waals surface area contributed by atoms with Gasteiger partial charge in [-0.25, -0.2) is 8.42 Å². The van der Waals surface area contributed by atoms with Gasteiger partial charge in [0, 0.05) is 46.3 Å². The summed E-state index contributed by atoms with van der Waals surface area (Å²) in [6.45, 7) is 2.79. The van der Waals surface area contributed by atoms with E-state index < -0.39 is 10.0 Å². The van der Waals surface area contributed by atoms with Gasteiger partial charge in [0.05, 0.1) is 17.4 Å². The van der Waals surface area contributed by atoms with E-state index in [-0.39, 0.29) is 29.0 Å². The van der Waals surface area contributed by atoms with Crippen molar-refractivity contribution in [2.45, 2.75) is 30.7 Å². The van der Waals surface area contributed by atoms with Crippen molar-refractivity contribution in [3.05, 3.63) is 29.8 Å².